The van der Waals surface area contributed by atoms with Gasteiger partial charge in [-0.3, -0.25) is 9.52 Å². The molecule has 0 aliphatic rings. The highest BCUT2D eigenvalue weighted by molar-refractivity contribution is 7.92. The van der Waals surface area contributed by atoms with Gasteiger partial charge in [0.15, 0.2) is 6.61 Å². The summed E-state index contributed by atoms with van der Waals surface area (Å²) in [7, 11) is -3.87. The second kappa shape index (κ2) is 9.49. The molecule has 1 amide bonds. The Morgan fingerprint density at radius 2 is 1.56 bits per heavy atom. The second-order valence-electron chi connectivity index (χ2n) is 6.46. The number of ether oxygens (including phenoxy) is 1. The number of anilines is 2. The van der Waals surface area contributed by atoms with E-state index in [1.54, 1.807) is 0 Å². The van der Waals surface area contributed by atoms with Crippen molar-refractivity contribution in [1.82, 2.24) is 0 Å². The van der Waals surface area contributed by atoms with Gasteiger partial charge >= 0.3 is 6.18 Å². The third-order valence-electron chi connectivity index (χ3n) is 4.11. The molecule has 0 aliphatic carbocycles. The zero-order chi connectivity index (χ0) is 23.4. The lowest BCUT2D eigenvalue weighted by atomic mass is 10.1. The van der Waals surface area contributed by atoms with Gasteiger partial charge in [-0.2, -0.15) is 13.2 Å². The van der Waals surface area contributed by atoms with Crippen LogP contribution in [0.3, 0.4) is 0 Å². The number of hydrogen-bond acceptors (Lipinski definition) is 4. The van der Waals surface area contributed by atoms with Gasteiger partial charge in [0, 0.05) is 10.7 Å². The predicted octanol–water partition coefficient (Wildman–Crippen LogP) is 5.18. The molecular formula is C21H16ClF3N2O4S. The molecule has 3 aromatic rings. The lowest BCUT2D eigenvalue weighted by Gasteiger charge is -2.14. The Morgan fingerprint density at radius 3 is 2.19 bits per heavy atom. The molecule has 0 fully saturated rings. The van der Waals surface area contributed by atoms with Crippen molar-refractivity contribution < 1.29 is 31.1 Å². The van der Waals surface area contributed by atoms with E-state index in [0.717, 1.165) is 12.1 Å². The molecule has 32 heavy (non-hydrogen) atoms. The van der Waals surface area contributed by atoms with Gasteiger partial charge in [-0.1, -0.05) is 23.7 Å². The van der Waals surface area contributed by atoms with E-state index >= 15 is 0 Å². The Balaban J connectivity index is 1.60. The minimum Gasteiger partial charge on any atom is -0.484 e. The first-order valence-corrected chi connectivity index (χ1v) is 10.9. The average Bonchev–Trinajstić information content (AvgIpc) is 2.74. The number of para-hydroxylation sites is 1. The zero-order valence-electron chi connectivity index (χ0n) is 16.2. The molecule has 0 bridgehead atoms. The number of benzene rings is 3. The quantitative estimate of drug-likeness (QED) is 0.484. The number of hydrogen-bond donors (Lipinski definition) is 2. The van der Waals surface area contributed by atoms with Gasteiger partial charge < -0.3 is 10.1 Å². The number of alkyl halides is 3. The maximum atomic E-state index is 13.0. The molecular weight excluding hydrogens is 469 g/mol. The van der Waals surface area contributed by atoms with Crippen LogP contribution >= 0.6 is 11.6 Å². The number of sulfonamides is 1. The lowest BCUT2D eigenvalue weighted by Crippen LogP contribution is -2.22. The molecule has 0 aromatic heterocycles. The molecule has 2 N–H and O–H groups in total. The smallest absolute Gasteiger partial charge is 0.418 e. The van der Waals surface area contributed by atoms with Crippen molar-refractivity contribution in [1.29, 1.82) is 0 Å². The third-order valence-corrected chi connectivity index (χ3v) is 5.76. The molecule has 0 atom stereocenters. The molecule has 11 heteroatoms. The van der Waals surface area contributed by atoms with Crippen molar-refractivity contribution in [3.8, 4) is 5.75 Å². The van der Waals surface area contributed by atoms with Crippen LogP contribution in [0, 0.1) is 0 Å². The maximum absolute atomic E-state index is 13.0. The summed E-state index contributed by atoms with van der Waals surface area (Å²) in [6, 6.07) is 15.8. The number of nitrogens with one attached hydrogen (secondary N) is 2. The van der Waals surface area contributed by atoms with Gasteiger partial charge in [0.25, 0.3) is 15.9 Å². The van der Waals surface area contributed by atoms with Crippen molar-refractivity contribution >= 4 is 38.9 Å². The standard InChI is InChI=1S/C21H16ClF3N2O4S/c22-14-5-7-15(8-6-14)27-32(29,30)17-11-9-16(10-12-17)31-13-20(28)26-19-4-2-1-3-18(19)21(23,24)25/h1-12,27H,13H2,(H,26,28). The van der Waals surface area contributed by atoms with Gasteiger partial charge in [-0.15, -0.1) is 0 Å². The summed E-state index contributed by atoms with van der Waals surface area (Å²) in [6.07, 6.45) is -4.62. The molecule has 0 spiro atoms. The largest absolute Gasteiger partial charge is 0.484 e. The number of rotatable bonds is 7. The summed E-state index contributed by atoms with van der Waals surface area (Å²) in [5.74, 6) is -0.641. The van der Waals surface area contributed by atoms with Crippen LogP contribution in [0.15, 0.2) is 77.7 Å². The molecule has 0 heterocycles. The monoisotopic (exact) mass is 484 g/mol. The van der Waals surface area contributed by atoms with E-state index in [0.29, 0.717) is 10.7 Å². The van der Waals surface area contributed by atoms with Gasteiger partial charge in [-0.05, 0) is 60.7 Å². The average molecular weight is 485 g/mol. The number of amides is 1. The molecule has 6 nitrogen and oxygen atoms in total. The van der Waals surface area contributed by atoms with Crippen molar-refractivity contribution in [3.63, 3.8) is 0 Å². The lowest BCUT2D eigenvalue weighted by molar-refractivity contribution is -0.137. The zero-order valence-corrected chi connectivity index (χ0v) is 17.8. The highest BCUT2D eigenvalue weighted by Gasteiger charge is 2.33. The van der Waals surface area contributed by atoms with Gasteiger partial charge in [-0.25, -0.2) is 8.42 Å². The van der Waals surface area contributed by atoms with Crippen LogP contribution in [0.2, 0.25) is 5.02 Å². The first kappa shape index (κ1) is 23.4. The highest BCUT2D eigenvalue weighted by Crippen LogP contribution is 2.34. The summed E-state index contributed by atoms with van der Waals surface area (Å²) in [5.41, 5.74) is -1.04. The SMILES string of the molecule is O=C(COc1ccc(S(=O)(=O)Nc2ccc(Cl)cc2)cc1)Nc1ccccc1C(F)(F)F. The molecule has 0 unspecified atom stereocenters. The minimum absolute atomic E-state index is 0.0524. The Labute approximate surface area is 187 Å². The maximum Gasteiger partial charge on any atom is 0.418 e. The van der Waals surface area contributed by atoms with Crippen molar-refractivity contribution in [2.45, 2.75) is 11.1 Å². The number of carbonyl (C=O) groups is 1. The van der Waals surface area contributed by atoms with E-state index in [1.807, 2.05) is 0 Å². The summed E-state index contributed by atoms with van der Waals surface area (Å²) in [4.78, 5) is 11.9. The minimum atomic E-state index is -4.62. The fourth-order valence-electron chi connectivity index (χ4n) is 2.62. The molecule has 168 valence electrons. The summed E-state index contributed by atoms with van der Waals surface area (Å²) in [5, 5.41) is 2.61. The summed E-state index contributed by atoms with van der Waals surface area (Å²) < 4.78 is 71.5. The van der Waals surface area contributed by atoms with E-state index in [4.69, 9.17) is 16.3 Å². The van der Waals surface area contributed by atoms with Crippen LogP contribution in [0.5, 0.6) is 5.75 Å². The Hall–Kier alpha value is -3.24. The second-order valence-corrected chi connectivity index (χ2v) is 8.58. The van der Waals surface area contributed by atoms with E-state index in [9.17, 15) is 26.4 Å². The first-order chi connectivity index (χ1) is 15.0. The van der Waals surface area contributed by atoms with Crippen LogP contribution in [0.1, 0.15) is 5.56 Å². The van der Waals surface area contributed by atoms with Crippen LogP contribution in [0.25, 0.3) is 0 Å². The first-order valence-electron chi connectivity index (χ1n) is 9.02. The van der Waals surface area contributed by atoms with Crippen LogP contribution < -0.4 is 14.8 Å². The predicted molar refractivity (Wildman–Crippen MR) is 114 cm³/mol. The fourth-order valence-corrected chi connectivity index (χ4v) is 3.81. The fraction of sp³-hybridized carbons (Fsp3) is 0.0952. The van der Waals surface area contributed by atoms with Crippen molar-refractivity contribution in [2.24, 2.45) is 0 Å². The van der Waals surface area contributed by atoms with E-state index in [1.165, 1.54) is 60.7 Å². The molecule has 0 radical (unpaired) electrons. The van der Waals surface area contributed by atoms with Gasteiger partial charge in [0.2, 0.25) is 0 Å². The van der Waals surface area contributed by atoms with E-state index in [2.05, 4.69) is 10.0 Å². The molecule has 0 saturated heterocycles. The number of carbonyl (C=O) groups excluding carboxylic acids is 1. The normalized spacial score (nSPS) is 11.6. The van der Waals surface area contributed by atoms with Crippen LogP contribution in [-0.4, -0.2) is 20.9 Å². The molecule has 3 aromatic carbocycles. The molecule has 0 aliphatic heterocycles. The number of halogens is 4. The summed E-state index contributed by atoms with van der Waals surface area (Å²) in [6.45, 7) is -0.568. The van der Waals surface area contributed by atoms with Crippen molar-refractivity contribution in [3.05, 3.63) is 83.4 Å². The van der Waals surface area contributed by atoms with Gasteiger partial charge in [0.1, 0.15) is 5.75 Å². The Morgan fingerprint density at radius 1 is 0.938 bits per heavy atom. The van der Waals surface area contributed by atoms with Crippen molar-refractivity contribution in [2.75, 3.05) is 16.6 Å². The van der Waals surface area contributed by atoms with Gasteiger partial charge in [0.05, 0.1) is 16.1 Å². The Kier molecular flexibility index (Phi) is 6.95. The third kappa shape index (κ3) is 6.14. The van der Waals surface area contributed by atoms with E-state index in [-0.39, 0.29) is 16.3 Å². The topological polar surface area (TPSA) is 84.5 Å². The summed E-state index contributed by atoms with van der Waals surface area (Å²) >= 11 is 5.77. The van der Waals surface area contributed by atoms with Crippen LogP contribution in [-0.2, 0) is 21.0 Å². The highest BCUT2D eigenvalue weighted by atomic mass is 35.5. The van der Waals surface area contributed by atoms with Crippen LogP contribution in [0.4, 0.5) is 24.5 Å². The molecule has 0 saturated carbocycles. The Bertz CT molecular complexity index is 1200. The molecule has 3 rings (SSSR count). The van der Waals surface area contributed by atoms with E-state index < -0.39 is 34.3 Å².